The van der Waals surface area contributed by atoms with Crippen molar-refractivity contribution in [2.45, 2.75) is 51.1 Å². The molecule has 1 aliphatic carbocycles. The number of hydrogen-bond acceptors (Lipinski definition) is 5. The predicted octanol–water partition coefficient (Wildman–Crippen LogP) is 4.14. The van der Waals surface area contributed by atoms with Crippen LogP contribution in [-0.2, 0) is 16.0 Å². The first-order chi connectivity index (χ1) is 15.9. The summed E-state index contributed by atoms with van der Waals surface area (Å²) >= 11 is 6.05. The Morgan fingerprint density at radius 3 is 2.64 bits per heavy atom. The third-order valence-corrected chi connectivity index (χ3v) is 5.99. The summed E-state index contributed by atoms with van der Waals surface area (Å²) in [7, 11) is 0. The Balaban J connectivity index is 1.52. The predicted molar refractivity (Wildman–Crippen MR) is 126 cm³/mol. The zero-order chi connectivity index (χ0) is 23.4. The Labute approximate surface area is 197 Å². The van der Waals surface area contributed by atoms with Gasteiger partial charge in [0.2, 0.25) is 23.5 Å². The van der Waals surface area contributed by atoms with Crippen LogP contribution in [0.3, 0.4) is 0 Å². The number of aromatic nitrogens is 2. The summed E-state index contributed by atoms with van der Waals surface area (Å²) in [6, 6.07) is 16.5. The molecule has 3 aromatic rings. The monoisotopic (exact) mass is 466 g/mol. The minimum Gasteiger partial charge on any atom is -0.354 e. The summed E-state index contributed by atoms with van der Waals surface area (Å²) in [5, 5.41) is 10.8. The highest BCUT2D eigenvalue weighted by atomic mass is 35.5. The Hall–Kier alpha value is -3.19. The van der Waals surface area contributed by atoms with E-state index in [0.29, 0.717) is 29.6 Å². The van der Waals surface area contributed by atoms with E-state index in [-0.39, 0.29) is 42.2 Å². The maximum absolute atomic E-state index is 12.8. The van der Waals surface area contributed by atoms with Crippen LogP contribution in [-0.4, -0.2) is 34.0 Å². The molecule has 2 amide bonds. The number of carbonyl (C=O) groups is 2. The van der Waals surface area contributed by atoms with Crippen molar-refractivity contribution in [1.82, 2.24) is 20.8 Å². The molecular weight excluding hydrogens is 440 g/mol. The zero-order valence-corrected chi connectivity index (χ0v) is 19.4. The molecule has 0 unspecified atom stereocenters. The molecule has 0 saturated heterocycles. The van der Waals surface area contributed by atoms with Gasteiger partial charge in [-0.1, -0.05) is 59.2 Å². The molecular formula is C25H27ClN4O3. The quantitative estimate of drug-likeness (QED) is 0.545. The second-order valence-corrected chi connectivity index (χ2v) is 9.18. The lowest BCUT2D eigenvalue weighted by Gasteiger charge is -2.18. The molecule has 33 heavy (non-hydrogen) atoms. The van der Waals surface area contributed by atoms with Gasteiger partial charge in [-0.25, -0.2) is 0 Å². The molecule has 1 fully saturated rings. The van der Waals surface area contributed by atoms with Crippen LogP contribution in [0.15, 0.2) is 59.1 Å². The number of rotatable bonds is 7. The molecule has 0 aliphatic heterocycles. The zero-order valence-electron chi connectivity index (χ0n) is 18.6. The van der Waals surface area contributed by atoms with Crippen molar-refractivity contribution in [3.63, 3.8) is 0 Å². The van der Waals surface area contributed by atoms with Crippen molar-refractivity contribution in [3.8, 4) is 11.4 Å². The van der Waals surface area contributed by atoms with Gasteiger partial charge in [-0.15, -0.1) is 0 Å². The van der Waals surface area contributed by atoms with E-state index in [1.54, 1.807) is 12.1 Å². The van der Waals surface area contributed by atoms with Gasteiger partial charge in [0.1, 0.15) is 0 Å². The molecule has 1 aliphatic rings. The van der Waals surface area contributed by atoms with Gasteiger partial charge in [0.05, 0.1) is 12.3 Å². The molecule has 4 rings (SSSR count). The van der Waals surface area contributed by atoms with Crippen LogP contribution in [0.4, 0.5) is 0 Å². The minimum atomic E-state index is -0.288. The molecule has 1 aromatic heterocycles. The smallest absolute Gasteiger partial charge is 0.232 e. The highest BCUT2D eigenvalue weighted by Gasteiger charge is 2.42. The summed E-state index contributed by atoms with van der Waals surface area (Å²) < 4.78 is 5.60. The first kappa shape index (κ1) is 23.0. The van der Waals surface area contributed by atoms with Crippen molar-refractivity contribution >= 4 is 23.4 Å². The molecule has 0 radical (unpaired) electrons. The SMILES string of the molecule is CC(C)NC(=O)[C@H]1C[C@H](NC(=O)Cc2cccc(Cl)c2)[C@H](c2nc(-c3ccccc3)no2)C1. The Morgan fingerprint density at radius 2 is 1.91 bits per heavy atom. The van der Waals surface area contributed by atoms with Gasteiger partial charge in [0.25, 0.3) is 0 Å². The van der Waals surface area contributed by atoms with Crippen LogP contribution in [0.25, 0.3) is 11.4 Å². The summed E-state index contributed by atoms with van der Waals surface area (Å²) in [6.45, 7) is 3.86. The van der Waals surface area contributed by atoms with E-state index in [1.165, 1.54) is 0 Å². The van der Waals surface area contributed by atoms with Gasteiger partial charge >= 0.3 is 0 Å². The number of nitrogens with one attached hydrogen (secondary N) is 2. The van der Waals surface area contributed by atoms with Gasteiger partial charge < -0.3 is 15.2 Å². The topological polar surface area (TPSA) is 97.1 Å². The highest BCUT2D eigenvalue weighted by Crippen LogP contribution is 2.39. The molecule has 8 heteroatoms. The Kier molecular flexibility index (Phi) is 7.08. The standard InChI is InChI=1S/C25H27ClN4O3/c1-15(2)27-24(32)18-13-20(25-29-23(30-33-25)17-8-4-3-5-9-17)21(14-18)28-22(31)12-16-7-6-10-19(26)11-16/h3-11,15,18,20-21H,12-14H2,1-2H3,(H,27,32)(H,28,31)/t18-,20-,21+/m1/s1. The van der Waals surface area contributed by atoms with Crippen molar-refractivity contribution in [3.05, 3.63) is 71.1 Å². The first-order valence-electron chi connectivity index (χ1n) is 11.1. The third-order valence-electron chi connectivity index (χ3n) is 5.76. The fourth-order valence-corrected chi connectivity index (χ4v) is 4.48. The lowest BCUT2D eigenvalue weighted by atomic mass is 10.0. The number of carbonyl (C=O) groups excluding carboxylic acids is 2. The molecule has 7 nitrogen and oxygen atoms in total. The van der Waals surface area contributed by atoms with Crippen molar-refractivity contribution in [2.24, 2.45) is 5.92 Å². The van der Waals surface area contributed by atoms with Gasteiger partial charge in [0, 0.05) is 28.6 Å². The number of nitrogens with zero attached hydrogens (tertiary/aromatic N) is 2. The van der Waals surface area contributed by atoms with E-state index < -0.39 is 0 Å². The van der Waals surface area contributed by atoms with Gasteiger partial charge in [0.15, 0.2) is 0 Å². The van der Waals surface area contributed by atoms with E-state index >= 15 is 0 Å². The number of benzene rings is 2. The number of hydrogen-bond donors (Lipinski definition) is 2. The van der Waals surface area contributed by atoms with Crippen LogP contribution in [0.1, 0.15) is 44.1 Å². The van der Waals surface area contributed by atoms with Crippen LogP contribution >= 0.6 is 11.6 Å². The molecule has 3 atom stereocenters. The van der Waals surface area contributed by atoms with E-state index in [2.05, 4.69) is 20.8 Å². The minimum absolute atomic E-state index is 0.0237. The van der Waals surface area contributed by atoms with Crippen LogP contribution < -0.4 is 10.6 Å². The lowest BCUT2D eigenvalue weighted by Crippen LogP contribution is -2.38. The maximum atomic E-state index is 12.8. The fraction of sp³-hybridized carbons (Fsp3) is 0.360. The second kappa shape index (κ2) is 10.2. The average molecular weight is 467 g/mol. The van der Waals surface area contributed by atoms with Gasteiger partial charge in [-0.05, 0) is 44.4 Å². The average Bonchev–Trinajstić information content (AvgIpc) is 3.41. The summed E-state index contributed by atoms with van der Waals surface area (Å²) in [5.41, 5.74) is 1.67. The first-order valence-corrected chi connectivity index (χ1v) is 11.5. The van der Waals surface area contributed by atoms with E-state index in [4.69, 9.17) is 16.1 Å². The van der Waals surface area contributed by atoms with Gasteiger partial charge in [-0.3, -0.25) is 9.59 Å². The van der Waals surface area contributed by atoms with Crippen molar-refractivity contribution < 1.29 is 14.1 Å². The van der Waals surface area contributed by atoms with Crippen LogP contribution in [0.5, 0.6) is 0 Å². The van der Waals surface area contributed by atoms with Crippen LogP contribution in [0, 0.1) is 5.92 Å². The molecule has 1 heterocycles. The van der Waals surface area contributed by atoms with E-state index in [9.17, 15) is 9.59 Å². The third kappa shape index (κ3) is 5.79. The summed E-state index contributed by atoms with van der Waals surface area (Å²) in [4.78, 5) is 30.1. The van der Waals surface area contributed by atoms with E-state index in [0.717, 1.165) is 11.1 Å². The molecule has 2 aromatic carbocycles. The normalized spacial score (nSPS) is 20.1. The summed E-state index contributed by atoms with van der Waals surface area (Å²) in [6.07, 6.45) is 1.23. The fourth-order valence-electron chi connectivity index (χ4n) is 4.27. The molecule has 0 spiro atoms. The molecule has 1 saturated carbocycles. The lowest BCUT2D eigenvalue weighted by molar-refractivity contribution is -0.126. The van der Waals surface area contributed by atoms with Gasteiger partial charge in [-0.2, -0.15) is 4.98 Å². The highest BCUT2D eigenvalue weighted by molar-refractivity contribution is 6.30. The van der Waals surface area contributed by atoms with Crippen molar-refractivity contribution in [1.29, 1.82) is 0 Å². The second-order valence-electron chi connectivity index (χ2n) is 8.74. The number of halogens is 1. The van der Waals surface area contributed by atoms with E-state index in [1.807, 2.05) is 56.3 Å². The maximum Gasteiger partial charge on any atom is 0.232 e. The van der Waals surface area contributed by atoms with Crippen LogP contribution in [0.2, 0.25) is 5.02 Å². The molecule has 2 N–H and O–H groups in total. The number of amides is 2. The molecule has 0 bridgehead atoms. The Morgan fingerprint density at radius 1 is 1.12 bits per heavy atom. The Bertz CT molecular complexity index is 1120. The molecule has 172 valence electrons. The summed E-state index contributed by atoms with van der Waals surface area (Å²) in [5.74, 6) is 0.262. The largest absolute Gasteiger partial charge is 0.354 e. The van der Waals surface area contributed by atoms with Crippen molar-refractivity contribution in [2.75, 3.05) is 0 Å².